The number of hydrogen-bond acceptors (Lipinski definition) is 3. The molecule has 1 rings (SSSR count). The van der Waals surface area contributed by atoms with E-state index in [-0.39, 0.29) is 0 Å². The molecule has 0 saturated heterocycles. The lowest BCUT2D eigenvalue weighted by atomic mass is 10.1. The van der Waals surface area contributed by atoms with Gasteiger partial charge >= 0.3 is 6.03 Å². The molecule has 0 spiro atoms. The summed E-state index contributed by atoms with van der Waals surface area (Å²) in [5, 5.41) is 2.56. The molecule has 0 unspecified atom stereocenters. The molecule has 5 heteroatoms. The van der Waals surface area contributed by atoms with Crippen LogP contribution in [0.2, 0.25) is 0 Å². The lowest BCUT2D eigenvalue weighted by molar-refractivity contribution is 0.249. The van der Waals surface area contributed by atoms with Crippen molar-refractivity contribution in [3.63, 3.8) is 0 Å². The van der Waals surface area contributed by atoms with Crippen molar-refractivity contribution in [2.45, 2.75) is 26.2 Å². The minimum atomic E-state index is -0.507. The summed E-state index contributed by atoms with van der Waals surface area (Å²) < 4.78 is 11.0. The summed E-state index contributed by atoms with van der Waals surface area (Å²) in [6.07, 6.45) is 2.80. The highest BCUT2D eigenvalue weighted by Gasteiger charge is 2.06. The lowest BCUT2D eigenvalue weighted by Gasteiger charge is -2.12. The second kappa shape index (κ2) is 8.24. The lowest BCUT2D eigenvalue weighted by Crippen LogP contribution is -2.30. The third kappa shape index (κ3) is 5.50. The van der Waals surface area contributed by atoms with E-state index < -0.39 is 6.03 Å². The van der Waals surface area contributed by atoms with Crippen molar-refractivity contribution in [1.29, 1.82) is 0 Å². The first kappa shape index (κ1) is 15.1. The van der Waals surface area contributed by atoms with Crippen molar-refractivity contribution in [3.8, 4) is 11.5 Å². The normalized spacial score (nSPS) is 10.0. The molecule has 1 aromatic rings. The molecule has 0 fully saturated rings. The molecule has 0 saturated carbocycles. The van der Waals surface area contributed by atoms with E-state index in [2.05, 4.69) is 12.2 Å². The van der Waals surface area contributed by atoms with Crippen LogP contribution in [0.3, 0.4) is 0 Å². The molecule has 0 bridgehead atoms. The number of methoxy groups -OCH3 is 1. The number of ether oxygens (including phenoxy) is 2. The highest BCUT2D eigenvalue weighted by molar-refractivity contribution is 5.71. The van der Waals surface area contributed by atoms with Gasteiger partial charge in [-0.05, 0) is 30.5 Å². The van der Waals surface area contributed by atoms with Gasteiger partial charge in [-0.3, -0.25) is 0 Å². The van der Waals surface area contributed by atoms with Gasteiger partial charge in [0.05, 0.1) is 13.7 Å². The van der Waals surface area contributed by atoms with Crippen molar-refractivity contribution >= 4 is 6.03 Å². The minimum Gasteiger partial charge on any atom is -0.493 e. The quantitative estimate of drug-likeness (QED) is 0.707. The van der Waals surface area contributed by atoms with E-state index in [1.165, 1.54) is 0 Å². The number of amides is 2. The molecule has 0 aliphatic heterocycles. The maximum Gasteiger partial charge on any atom is 0.312 e. The first-order valence-electron chi connectivity index (χ1n) is 6.50. The highest BCUT2D eigenvalue weighted by Crippen LogP contribution is 2.28. The van der Waals surface area contributed by atoms with Gasteiger partial charge in [0.1, 0.15) is 0 Å². The fourth-order valence-corrected chi connectivity index (χ4v) is 1.65. The molecule has 2 amide bonds. The first-order valence-corrected chi connectivity index (χ1v) is 6.50. The van der Waals surface area contributed by atoms with E-state index in [9.17, 15) is 4.79 Å². The van der Waals surface area contributed by atoms with Crippen LogP contribution in [0.1, 0.15) is 25.3 Å². The Bertz CT molecular complexity index is 408. The molecular weight excluding hydrogens is 244 g/mol. The summed E-state index contributed by atoms with van der Waals surface area (Å²) in [5.41, 5.74) is 6.09. The zero-order valence-electron chi connectivity index (χ0n) is 11.6. The Morgan fingerprint density at radius 3 is 2.79 bits per heavy atom. The Hall–Kier alpha value is -1.91. The Labute approximate surface area is 114 Å². The van der Waals surface area contributed by atoms with Crippen LogP contribution in [0, 0.1) is 0 Å². The van der Waals surface area contributed by atoms with Gasteiger partial charge in [-0.2, -0.15) is 0 Å². The van der Waals surface area contributed by atoms with Crippen molar-refractivity contribution < 1.29 is 14.3 Å². The summed E-state index contributed by atoms with van der Waals surface area (Å²) in [5.74, 6) is 1.47. The minimum absolute atomic E-state index is 0.507. The Morgan fingerprint density at radius 1 is 1.37 bits per heavy atom. The molecule has 1 aromatic carbocycles. The molecule has 0 aromatic heterocycles. The standard InChI is InChI=1S/C14H22N2O3/c1-3-4-9-19-13-10-11(5-6-12(13)18-2)7-8-16-14(15)17/h5-6,10H,3-4,7-9H2,1-2H3,(H3,15,16,17). The number of carbonyl (C=O) groups is 1. The first-order chi connectivity index (χ1) is 9.17. The Kier molecular flexibility index (Phi) is 6.57. The number of unbranched alkanes of at least 4 members (excludes halogenated alkanes) is 1. The smallest absolute Gasteiger partial charge is 0.312 e. The van der Waals surface area contributed by atoms with E-state index in [1.807, 2.05) is 18.2 Å². The van der Waals surface area contributed by atoms with Gasteiger partial charge in [0.25, 0.3) is 0 Å². The van der Waals surface area contributed by atoms with Crippen LogP contribution < -0.4 is 20.5 Å². The number of primary amides is 1. The van der Waals surface area contributed by atoms with Gasteiger partial charge in [-0.15, -0.1) is 0 Å². The number of carbonyl (C=O) groups excluding carboxylic acids is 1. The SMILES string of the molecule is CCCCOc1cc(CCNC(N)=O)ccc1OC. The van der Waals surface area contributed by atoms with E-state index in [1.54, 1.807) is 7.11 Å². The molecule has 3 N–H and O–H groups in total. The van der Waals surface area contributed by atoms with Crippen LogP contribution in [0.5, 0.6) is 11.5 Å². The maximum absolute atomic E-state index is 10.6. The topological polar surface area (TPSA) is 73.6 Å². The molecule has 0 heterocycles. The van der Waals surface area contributed by atoms with Crippen LogP contribution in [0.15, 0.2) is 18.2 Å². The molecular formula is C14H22N2O3. The summed E-state index contributed by atoms with van der Waals surface area (Å²) in [6.45, 7) is 3.30. The summed E-state index contributed by atoms with van der Waals surface area (Å²) >= 11 is 0. The third-order valence-electron chi connectivity index (χ3n) is 2.70. The largest absolute Gasteiger partial charge is 0.493 e. The monoisotopic (exact) mass is 266 g/mol. The summed E-state index contributed by atoms with van der Waals surface area (Å²) in [7, 11) is 1.62. The van der Waals surface area contributed by atoms with Crippen molar-refractivity contribution in [2.24, 2.45) is 5.73 Å². The molecule has 106 valence electrons. The molecule has 5 nitrogen and oxygen atoms in total. The predicted molar refractivity (Wildman–Crippen MR) is 74.7 cm³/mol. The molecule has 0 aliphatic carbocycles. The average molecular weight is 266 g/mol. The molecule has 19 heavy (non-hydrogen) atoms. The van der Waals surface area contributed by atoms with Crippen LogP contribution in [0.4, 0.5) is 4.79 Å². The molecule has 0 aliphatic rings. The third-order valence-corrected chi connectivity index (χ3v) is 2.70. The van der Waals surface area contributed by atoms with Crippen LogP contribution in [0.25, 0.3) is 0 Å². The van der Waals surface area contributed by atoms with Crippen LogP contribution >= 0.6 is 0 Å². The van der Waals surface area contributed by atoms with Crippen molar-refractivity contribution in [3.05, 3.63) is 23.8 Å². The van der Waals surface area contributed by atoms with Gasteiger partial charge in [0.15, 0.2) is 11.5 Å². The molecule has 0 atom stereocenters. The second-order valence-corrected chi connectivity index (χ2v) is 4.23. The fraction of sp³-hybridized carbons (Fsp3) is 0.500. The summed E-state index contributed by atoms with van der Waals surface area (Å²) in [4.78, 5) is 10.6. The second-order valence-electron chi connectivity index (χ2n) is 4.23. The number of nitrogens with one attached hydrogen (secondary N) is 1. The Morgan fingerprint density at radius 2 is 2.16 bits per heavy atom. The van der Waals surface area contributed by atoms with Crippen LogP contribution in [-0.2, 0) is 6.42 Å². The maximum atomic E-state index is 10.6. The fourth-order valence-electron chi connectivity index (χ4n) is 1.65. The number of hydrogen-bond donors (Lipinski definition) is 2. The van der Waals surface area contributed by atoms with Crippen molar-refractivity contribution in [2.75, 3.05) is 20.3 Å². The van der Waals surface area contributed by atoms with Gasteiger partial charge < -0.3 is 20.5 Å². The van der Waals surface area contributed by atoms with Crippen molar-refractivity contribution in [1.82, 2.24) is 5.32 Å². The molecule has 0 radical (unpaired) electrons. The average Bonchev–Trinajstić information content (AvgIpc) is 2.39. The van der Waals surface area contributed by atoms with E-state index >= 15 is 0 Å². The zero-order valence-corrected chi connectivity index (χ0v) is 11.6. The number of urea groups is 1. The van der Waals surface area contributed by atoms with E-state index in [4.69, 9.17) is 15.2 Å². The Balaban J connectivity index is 2.62. The summed E-state index contributed by atoms with van der Waals surface area (Å²) in [6, 6.07) is 5.26. The number of benzene rings is 1. The van der Waals surface area contributed by atoms with Gasteiger partial charge in [0.2, 0.25) is 0 Å². The predicted octanol–water partition coefficient (Wildman–Crippen LogP) is 2.08. The van der Waals surface area contributed by atoms with Gasteiger partial charge in [-0.25, -0.2) is 4.79 Å². The van der Waals surface area contributed by atoms with E-state index in [0.717, 1.165) is 29.9 Å². The zero-order chi connectivity index (χ0) is 14.1. The number of nitrogens with two attached hydrogens (primary N) is 1. The van der Waals surface area contributed by atoms with E-state index in [0.29, 0.717) is 19.6 Å². The van der Waals surface area contributed by atoms with Crippen LogP contribution in [-0.4, -0.2) is 26.3 Å². The van der Waals surface area contributed by atoms with Gasteiger partial charge in [-0.1, -0.05) is 19.4 Å². The highest BCUT2D eigenvalue weighted by atomic mass is 16.5. The van der Waals surface area contributed by atoms with Gasteiger partial charge in [0, 0.05) is 6.54 Å². The number of rotatable bonds is 8.